The number of fused-ring (bicyclic) bond motifs is 1. The normalized spacial score (nSPS) is 14.6. The van der Waals surface area contributed by atoms with Gasteiger partial charge < -0.3 is 10.6 Å². The molecule has 1 saturated heterocycles. The average molecular weight is 569 g/mol. The lowest BCUT2D eigenvalue weighted by Gasteiger charge is -2.34. The van der Waals surface area contributed by atoms with Gasteiger partial charge in [-0.15, -0.1) is 0 Å². The highest BCUT2D eigenvalue weighted by molar-refractivity contribution is 6.10. The van der Waals surface area contributed by atoms with Gasteiger partial charge in [-0.1, -0.05) is 11.8 Å². The zero-order valence-corrected chi connectivity index (χ0v) is 22.8. The molecular formula is C31H27F3N8. The highest BCUT2D eigenvalue weighted by Gasteiger charge is 2.29. The number of allylic oxidation sites excluding steroid dienone is 1. The number of halogens is 3. The fourth-order valence-corrected chi connectivity index (χ4v) is 4.80. The van der Waals surface area contributed by atoms with Crippen LogP contribution in [-0.4, -0.2) is 65.5 Å². The van der Waals surface area contributed by atoms with E-state index in [9.17, 15) is 18.4 Å². The second kappa shape index (κ2) is 12.2. The van der Waals surface area contributed by atoms with E-state index in [2.05, 4.69) is 37.8 Å². The zero-order valence-electron chi connectivity index (χ0n) is 22.8. The number of aromatic nitrogens is 3. The summed E-state index contributed by atoms with van der Waals surface area (Å²) in [6, 6.07) is 13.0. The van der Waals surface area contributed by atoms with Crippen molar-refractivity contribution in [3.8, 4) is 29.0 Å². The lowest BCUT2D eigenvalue weighted by Crippen LogP contribution is -2.46. The van der Waals surface area contributed by atoms with E-state index in [1.807, 2.05) is 24.4 Å². The van der Waals surface area contributed by atoms with Crippen LogP contribution in [-0.2, 0) is 6.18 Å². The van der Waals surface area contributed by atoms with Crippen molar-refractivity contribution in [2.24, 2.45) is 10.7 Å². The molecule has 4 heterocycles. The van der Waals surface area contributed by atoms with Crippen LogP contribution in [0.1, 0.15) is 22.3 Å². The number of anilines is 1. The Morgan fingerprint density at radius 2 is 1.86 bits per heavy atom. The van der Waals surface area contributed by atoms with E-state index in [4.69, 9.17) is 10.7 Å². The van der Waals surface area contributed by atoms with Gasteiger partial charge in [-0.2, -0.15) is 23.5 Å². The summed E-state index contributed by atoms with van der Waals surface area (Å²) in [6.45, 7) is 3.61. The largest absolute Gasteiger partial charge is 0.416 e. The minimum atomic E-state index is -4.35. The number of piperazine rings is 1. The van der Waals surface area contributed by atoms with Crippen LogP contribution in [0.2, 0.25) is 0 Å². The van der Waals surface area contributed by atoms with Crippen molar-refractivity contribution in [2.45, 2.75) is 6.18 Å². The average Bonchev–Trinajstić information content (AvgIpc) is 3.43. The van der Waals surface area contributed by atoms with E-state index in [-0.39, 0.29) is 0 Å². The maximum absolute atomic E-state index is 12.7. The number of hydrogen-bond acceptors (Lipinski definition) is 7. The molecule has 0 radical (unpaired) electrons. The van der Waals surface area contributed by atoms with Gasteiger partial charge >= 0.3 is 6.18 Å². The minimum Gasteiger partial charge on any atom is -0.404 e. The lowest BCUT2D eigenvalue weighted by atomic mass is 10.0. The van der Waals surface area contributed by atoms with Crippen LogP contribution in [0.4, 0.5) is 19.0 Å². The van der Waals surface area contributed by atoms with Crippen LogP contribution in [0.5, 0.6) is 0 Å². The van der Waals surface area contributed by atoms with Crippen molar-refractivity contribution in [1.29, 1.82) is 5.26 Å². The molecule has 11 heteroatoms. The Kier molecular flexibility index (Phi) is 8.23. The Hall–Kier alpha value is -5.13. The molecule has 42 heavy (non-hydrogen) atoms. The number of rotatable bonds is 5. The monoisotopic (exact) mass is 568 g/mol. The first-order chi connectivity index (χ1) is 20.3. The summed E-state index contributed by atoms with van der Waals surface area (Å²) in [7, 11) is 1.67. The highest BCUT2D eigenvalue weighted by Crippen LogP contribution is 2.31. The Balaban J connectivity index is 1.27. The Labute approximate surface area is 241 Å². The third-order valence-electron chi connectivity index (χ3n) is 7.02. The van der Waals surface area contributed by atoms with Gasteiger partial charge in [0.05, 0.1) is 29.4 Å². The maximum atomic E-state index is 12.7. The molecule has 0 atom stereocenters. The molecule has 0 unspecified atom stereocenters. The summed E-state index contributed by atoms with van der Waals surface area (Å²) in [4.78, 5) is 13.2. The first kappa shape index (κ1) is 28.4. The van der Waals surface area contributed by atoms with E-state index < -0.39 is 11.7 Å². The topological polar surface area (TPSA) is 98.8 Å². The quantitative estimate of drug-likeness (QED) is 0.282. The smallest absolute Gasteiger partial charge is 0.404 e. The van der Waals surface area contributed by atoms with E-state index in [0.717, 1.165) is 66.4 Å². The van der Waals surface area contributed by atoms with E-state index in [1.165, 1.54) is 24.5 Å². The van der Waals surface area contributed by atoms with E-state index >= 15 is 0 Å². The van der Waals surface area contributed by atoms with Gasteiger partial charge in [0.25, 0.3) is 0 Å². The molecule has 1 fully saturated rings. The van der Waals surface area contributed by atoms with Crippen LogP contribution in [0.25, 0.3) is 22.2 Å². The second-order valence-corrected chi connectivity index (χ2v) is 9.66. The molecule has 0 saturated carbocycles. The van der Waals surface area contributed by atoms with Gasteiger partial charge in [0.2, 0.25) is 0 Å². The predicted molar refractivity (Wildman–Crippen MR) is 157 cm³/mol. The molecule has 0 aliphatic carbocycles. The summed E-state index contributed by atoms with van der Waals surface area (Å²) >= 11 is 0. The number of hydrogen-bond donors (Lipinski definition) is 1. The van der Waals surface area contributed by atoms with Gasteiger partial charge in [-0.25, -0.2) is 9.50 Å². The van der Waals surface area contributed by atoms with Crippen LogP contribution >= 0.6 is 0 Å². The van der Waals surface area contributed by atoms with E-state index in [1.54, 1.807) is 24.0 Å². The third-order valence-corrected chi connectivity index (χ3v) is 7.02. The standard InChI is InChI=1S/C31H27F3N8/c1-37-18-25(16-35)24-15-28(30-26(17-36)20-39-42(30)21-24)23-6-9-29(38-19-23)41-13-11-40(12-14-41)10-2-3-22-4-7-27(8-5-22)31(32,33)34/h4-9,15-16,18-21H,10-14,35H2,1H3. The van der Waals surface area contributed by atoms with Crippen LogP contribution in [0.15, 0.2) is 72.2 Å². The summed E-state index contributed by atoms with van der Waals surface area (Å²) in [6.07, 6.45) is 3.95. The SMILES string of the molecule is CN=CC(=CN)c1cc(-c2ccc(N3CCN(CC#Cc4ccc(C(F)(F)F)cc4)CC3)nc2)c2c(C#N)cnn2c1. The Bertz CT molecular complexity index is 1730. The van der Waals surface area contributed by atoms with Crippen molar-refractivity contribution in [3.05, 3.63) is 89.5 Å². The molecule has 212 valence electrons. The predicted octanol–water partition coefficient (Wildman–Crippen LogP) is 4.46. The third kappa shape index (κ3) is 6.12. The van der Waals surface area contributed by atoms with Crippen molar-refractivity contribution in [3.63, 3.8) is 0 Å². The molecule has 5 rings (SSSR count). The van der Waals surface area contributed by atoms with Crippen molar-refractivity contribution < 1.29 is 13.2 Å². The van der Waals surface area contributed by atoms with Crippen molar-refractivity contribution in [1.82, 2.24) is 19.5 Å². The molecule has 1 aliphatic heterocycles. The van der Waals surface area contributed by atoms with Gasteiger partial charge in [-0.05, 0) is 42.5 Å². The number of alkyl halides is 3. The van der Waals surface area contributed by atoms with E-state index in [0.29, 0.717) is 23.2 Å². The Morgan fingerprint density at radius 1 is 1.10 bits per heavy atom. The summed E-state index contributed by atoms with van der Waals surface area (Å²) in [5.41, 5.74) is 10.0. The number of nitrogens with zero attached hydrogens (tertiary/aromatic N) is 7. The van der Waals surface area contributed by atoms with Gasteiger partial charge in [-0.3, -0.25) is 9.89 Å². The highest BCUT2D eigenvalue weighted by atomic mass is 19.4. The molecule has 3 aromatic heterocycles. The Morgan fingerprint density at radius 3 is 2.48 bits per heavy atom. The van der Waals surface area contributed by atoms with Crippen LogP contribution < -0.4 is 10.6 Å². The van der Waals surface area contributed by atoms with Crippen LogP contribution in [0, 0.1) is 23.2 Å². The molecule has 8 nitrogen and oxygen atoms in total. The second-order valence-electron chi connectivity index (χ2n) is 9.66. The molecule has 4 aromatic rings. The molecule has 2 N–H and O–H groups in total. The van der Waals surface area contributed by atoms with Gasteiger partial charge in [0, 0.05) is 85.9 Å². The molecule has 0 spiro atoms. The molecule has 0 amide bonds. The summed E-state index contributed by atoms with van der Waals surface area (Å²) in [5, 5.41) is 14.0. The molecule has 1 aliphatic rings. The van der Waals surface area contributed by atoms with Crippen molar-refractivity contribution >= 4 is 23.1 Å². The fourth-order valence-electron chi connectivity index (χ4n) is 4.80. The van der Waals surface area contributed by atoms with Crippen molar-refractivity contribution in [2.75, 3.05) is 44.7 Å². The van der Waals surface area contributed by atoms with Crippen LogP contribution in [0.3, 0.4) is 0 Å². The first-order valence-electron chi connectivity index (χ1n) is 13.2. The molecule has 0 bridgehead atoms. The molecular weight excluding hydrogens is 541 g/mol. The summed E-state index contributed by atoms with van der Waals surface area (Å²) in [5.74, 6) is 6.86. The number of aliphatic imine (C=N–C) groups is 1. The minimum absolute atomic E-state index is 0.459. The number of nitriles is 1. The lowest BCUT2D eigenvalue weighted by molar-refractivity contribution is -0.137. The van der Waals surface area contributed by atoms with Gasteiger partial charge in [0.1, 0.15) is 11.9 Å². The zero-order chi connectivity index (χ0) is 29.7. The fraction of sp³-hybridized carbons (Fsp3) is 0.226. The maximum Gasteiger partial charge on any atom is 0.416 e. The number of nitrogens with two attached hydrogens (primary N) is 1. The molecule has 1 aromatic carbocycles. The first-order valence-corrected chi connectivity index (χ1v) is 13.2. The summed E-state index contributed by atoms with van der Waals surface area (Å²) < 4.78 is 39.9. The number of benzene rings is 1. The van der Waals surface area contributed by atoms with Gasteiger partial charge in [0.15, 0.2) is 0 Å². The number of pyridine rings is 2.